The Morgan fingerprint density at radius 2 is 2.04 bits per heavy atom. The number of urea groups is 1. The standard InChI is InChI=1S/C21H30N4O/c1-16(2)19(20-22-12-13-24(20)3)23-21(26)25(15-18-10-7-11-18)14-17-8-5-4-6-9-17/h4-6,8-9,12-13,16,18-19H,7,10-11,14-15H2,1-3H3,(H,23,26)/t19-/m0/s1. The van der Waals surface area contributed by atoms with Crippen LogP contribution in [0.3, 0.4) is 0 Å². The van der Waals surface area contributed by atoms with Gasteiger partial charge < -0.3 is 14.8 Å². The van der Waals surface area contributed by atoms with Crippen LogP contribution in [0.4, 0.5) is 4.79 Å². The number of imidazole rings is 1. The fraction of sp³-hybridized carbons (Fsp3) is 0.524. The van der Waals surface area contributed by atoms with Gasteiger partial charge in [0.1, 0.15) is 5.82 Å². The Morgan fingerprint density at radius 1 is 1.31 bits per heavy atom. The van der Waals surface area contributed by atoms with E-state index in [1.807, 2.05) is 40.9 Å². The molecule has 0 radical (unpaired) electrons. The Morgan fingerprint density at radius 3 is 2.58 bits per heavy atom. The molecule has 1 heterocycles. The lowest BCUT2D eigenvalue weighted by molar-refractivity contribution is 0.158. The van der Waals surface area contributed by atoms with Crippen LogP contribution < -0.4 is 5.32 Å². The Labute approximate surface area is 156 Å². The predicted octanol–water partition coefficient (Wildman–Crippen LogP) is 4.13. The molecule has 0 spiro atoms. The zero-order valence-corrected chi connectivity index (χ0v) is 16.1. The molecule has 1 aliphatic rings. The first kappa shape index (κ1) is 18.5. The first-order valence-corrected chi connectivity index (χ1v) is 9.61. The molecule has 1 aliphatic carbocycles. The van der Waals surface area contributed by atoms with Crippen molar-refractivity contribution in [3.8, 4) is 0 Å². The van der Waals surface area contributed by atoms with Gasteiger partial charge in [-0.2, -0.15) is 0 Å². The van der Waals surface area contributed by atoms with Crippen molar-refractivity contribution in [1.82, 2.24) is 19.8 Å². The second-order valence-electron chi connectivity index (χ2n) is 7.73. The highest BCUT2D eigenvalue weighted by molar-refractivity contribution is 5.74. The van der Waals surface area contributed by atoms with Crippen molar-refractivity contribution in [3.05, 3.63) is 54.1 Å². The summed E-state index contributed by atoms with van der Waals surface area (Å²) in [5, 5.41) is 3.24. The number of aromatic nitrogens is 2. The third kappa shape index (κ3) is 4.45. The third-order valence-corrected chi connectivity index (χ3v) is 5.29. The van der Waals surface area contributed by atoms with Gasteiger partial charge in [0.15, 0.2) is 0 Å². The number of hydrogen-bond acceptors (Lipinski definition) is 2. The number of amides is 2. The smallest absolute Gasteiger partial charge is 0.318 e. The maximum atomic E-state index is 13.1. The second-order valence-corrected chi connectivity index (χ2v) is 7.73. The highest BCUT2D eigenvalue weighted by Crippen LogP contribution is 2.28. The number of rotatable bonds is 7. The van der Waals surface area contributed by atoms with E-state index in [1.165, 1.54) is 24.8 Å². The predicted molar refractivity (Wildman–Crippen MR) is 104 cm³/mol. The van der Waals surface area contributed by atoms with E-state index in [0.717, 1.165) is 12.4 Å². The molecule has 1 atom stereocenters. The average Bonchev–Trinajstić information content (AvgIpc) is 3.00. The van der Waals surface area contributed by atoms with Crippen molar-refractivity contribution >= 4 is 6.03 Å². The van der Waals surface area contributed by atoms with Crippen LogP contribution >= 0.6 is 0 Å². The van der Waals surface area contributed by atoms with Gasteiger partial charge in [0.05, 0.1) is 6.04 Å². The van der Waals surface area contributed by atoms with Crippen molar-refractivity contribution in [3.63, 3.8) is 0 Å². The molecule has 0 unspecified atom stereocenters. The maximum absolute atomic E-state index is 13.1. The molecule has 0 saturated heterocycles. The molecule has 26 heavy (non-hydrogen) atoms. The fourth-order valence-electron chi connectivity index (χ4n) is 3.44. The average molecular weight is 354 g/mol. The number of nitrogens with one attached hydrogen (secondary N) is 1. The molecule has 0 aliphatic heterocycles. The molecule has 1 aromatic heterocycles. The number of aryl methyl sites for hydroxylation is 1. The summed E-state index contributed by atoms with van der Waals surface area (Å²) in [5.74, 6) is 1.80. The number of hydrogen-bond donors (Lipinski definition) is 1. The van der Waals surface area contributed by atoms with E-state index in [0.29, 0.717) is 12.5 Å². The Bertz CT molecular complexity index is 706. The van der Waals surface area contributed by atoms with Crippen molar-refractivity contribution in [2.24, 2.45) is 18.9 Å². The van der Waals surface area contributed by atoms with Crippen molar-refractivity contribution in [2.45, 2.75) is 45.7 Å². The maximum Gasteiger partial charge on any atom is 0.318 e. The largest absolute Gasteiger partial charge is 0.336 e. The minimum Gasteiger partial charge on any atom is -0.336 e. The van der Waals surface area contributed by atoms with Gasteiger partial charge in [-0.15, -0.1) is 0 Å². The van der Waals surface area contributed by atoms with Gasteiger partial charge in [0, 0.05) is 32.5 Å². The third-order valence-electron chi connectivity index (χ3n) is 5.29. The summed E-state index contributed by atoms with van der Waals surface area (Å²) in [6.07, 6.45) is 7.45. The number of carbonyl (C=O) groups excluding carboxylic acids is 1. The van der Waals surface area contributed by atoms with E-state index < -0.39 is 0 Å². The molecule has 5 heteroatoms. The van der Waals surface area contributed by atoms with Gasteiger partial charge in [-0.1, -0.05) is 50.6 Å². The van der Waals surface area contributed by atoms with Gasteiger partial charge in [-0.3, -0.25) is 0 Å². The Balaban J connectivity index is 1.73. The zero-order chi connectivity index (χ0) is 18.5. The Hall–Kier alpha value is -2.30. The number of nitrogens with zero attached hydrogens (tertiary/aromatic N) is 3. The SMILES string of the molecule is CC(C)[C@H](NC(=O)N(Cc1ccccc1)CC1CCC1)c1nccn1C. The summed E-state index contributed by atoms with van der Waals surface area (Å²) in [5.41, 5.74) is 1.17. The fourth-order valence-corrected chi connectivity index (χ4v) is 3.44. The van der Waals surface area contributed by atoms with E-state index in [2.05, 4.69) is 36.3 Å². The van der Waals surface area contributed by atoms with Crippen LogP contribution in [0.5, 0.6) is 0 Å². The highest BCUT2D eigenvalue weighted by atomic mass is 16.2. The summed E-state index contributed by atoms with van der Waals surface area (Å²) in [4.78, 5) is 19.5. The van der Waals surface area contributed by atoms with Crippen LogP contribution in [0.2, 0.25) is 0 Å². The topological polar surface area (TPSA) is 50.2 Å². The number of benzene rings is 1. The lowest BCUT2D eigenvalue weighted by Crippen LogP contribution is -2.45. The summed E-state index contributed by atoms with van der Waals surface area (Å²) in [6, 6.07) is 10.1. The van der Waals surface area contributed by atoms with Crippen LogP contribution in [0.15, 0.2) is 42.7 Å². The Kier molecular flexibility index (Phi) is 5.96. The van der Waals surface area contributed by atoms with Gasteiger partial charge in [-0.25, -0.2) is 9.78 Å². The first-order valence-electron chi connectivity index (χ1n) is 9.61. The molecule has 3 rings (SSSR count). The van der Waals surface area contributed by atoms with Gasteiger partial charge in [-0.05, 0) is 30.2 Å². The number of carbonyl (C=O) groups is 1. The summed E-state index contributed by atoms with van der Waals surface area (Å²) in [6.45, 7) is 5.71. The second kappa shape index (κ2) is 8.39. The molecule has 1 aromatic carbocycles. The van der Waals surface area contributed by atoms with Crippen molar-refractivity contribution < 1.29 is 4.79 Å². The molecular formula is C21H30N4O. The minimum atomic E-state index is -0.0952. The molecule has 5 nitrogen and oxygen atoms in total. The normalized spacial score (nSPS) is 15.5. The molecular weight excluding hydrogens is 324 g/mol. The lowest BCUT2D eigenvalue weighted by atomic mass is 9.85. The monoisotopic (exact) mass is 354 g/mol. The van der Waals surface area contributed by atoms with Crippen LogP contribution in [0.1, 0.15) is 50.5 Å². The lowest BCUT2D eigenvalue weighted by Gasteiger charge is -2.34. The van der Waals surface area contributed by atoms with E-state index in [-0.39, 0.29) is 18.0 Å². The van der Waals surface area contributed by atoms with Crippen molar-refractivity contribution in [1.29, 1.82) is 0 Å². The van der Waals surface area contributed by atoms with Crippen LogP contribution in [0, 0.1) is 11.8 Å². The van der Waals surface area contributed by atoms with Crippen LogP contribution in [-0.2, 0) is 13.6 Å². The zero-order valence-electron chi connectivity index (χ0n) is 16.1. The highest BCUT2D eigenvalue weighted by Gasteiger charge is 2.27. The first-order chi connectivity index (χ1) is 12.5. The van der Waals surface area contributed by atoms with Crippen molar-refractivity contribution in [2.75, 3.05) is 6.54 Å². The quantitative estimate of drug-likeness (QED) is 0.813. The van der Waals surface area contributed by atoms with E-state index in [1.54, 1.807) is 6.20 Å². The van der Waals surface area contributed by atoms with E-state index in [9.17, 15) is 4.79 Å². The molecule has 1 N–H and O–H groups in total. The molecule has 0 bridgehead atoms. The molecule has 140 valence electrons. The van der Waals surface area contributed by atoms with Crippen LogP contribution in [-0.4, -0.2) is 27.0 Å². The van der Waals surface area contributed by atoms with E-state index in [4.69, 9.17) is 0 Å². The van der Waals surface area contributed by atoms with Crippen LogP contribution in [0.25, 0.3) is 0 Å². The van der Waals surface area contributed by atoms with Gasteiger partial charge in [0.25, 0.3) is 0 Å². The summed E-state index contributed by atoms with van der Waals surface area (Å²) in [7, 11) is 1.97. The van der Waals surface area contributed by atoms with Gasteiger partial charge in [0.2, 0.25) is 0 Å². The molecule has 2 aromatic rings. The summed E-state index contributed by atoms with van der Waals surface area (Å²) < 4.78 is 1.98. The molecule has 1 fully saturated rings. The summed E-state index contributed by atoms with van der Waals surface area (Å²) >= 11 is 0. The molecule has 2 amide bonds. The molecule has 1 saturated carbocycles. The van der Waals surface area contributed by atoms with E-state index >= 15 is 0 Å². The van der Waals surface area contributed by atoms with Gasteiger partial charge >= 0.3 is 6.03 Å². The minimum absolute atomic E-state index is 0.00227.